The summed E-state index contributed by atoms with van der Waals surface area (Å²) in [7, 11) is 1.52. The third-order valence-corrected chi connectivity index (χ3v) is 5.73. The Hall–Kier alpha value is -3.84. The molecular weight excluding hydrogens is 434 g/mol. The number of oxime groups is 1. The summed E-state index contributed by atoms with van der Waals surface area (Å²) in [6.45, 7) is 1.55. The molecule has 0 radical (unpaired) electrons. The molecule has 0 aliphatic carbocycles. The number of benzene rings is 3. The Kier molecular flexibility index (Phi) is 7.44. The van der Waals surface area contributed by atoms with Gasteiger partial charge in [-0.05, 0) is 35.4 Å². The zero-order chi connectivity index (χ0) is 23.8. The highest BCUT2D eigenvalue weighted by Crippen LogP contribution is 2.36. The Balaban J connectivity index is 1.30. The van der Waals surface area contributed by atoms with Crippen LogP contribution in [0.25, 0.3) is 0 Å². The van der Waals surface area contributed by atoms with Gasteiger partial charge in [0.2, 0.25) is 0 Å². The number of rotatable bonds is 11. The van der Waals surface area contributed by atoms with E-state index in [0.717, 1.165) is 28.2 Å². The molecule has 3 aromatic carbocycles. The minimum absolute atomic E-state index is 0.0613. The van der Waals surface area contributed by atoms with Crippen molar-refractivity contribution < 1.29 is 28.9 Å². The lowest BCUT2D eigenvalue weighted by Crippen LogP contribution is -2.48. The van der Waals surface area contributed by atoms with Gasteiger partial charge in [0.1, 0.15) is 37.5 Å². The van der Waals surface area contributed by atoms with Gasteiger partial charge in [0.25, 0.3) is 0 Å². The van der Waals surface area contributed by atoms with Crippen LogP contribution in [0.2, 0.25) is 0 Å². The zero-order valence-electron chi connectivity index (χ0n) is 19.0. The first-order chi connectivity index (χ1) is 16.6. The van der Waals surface area contributed by atoms with Crippen molar-refractivity contribution in [3.63, 3.8) is 0 Å². The first kappa shape index (κ1) is 23.3. The van der Waals surface area contributed by atoms with Gasteiger partial charge in [-0.2, -0.15) is 0 Å². The number of carbonyl (C=O) groups is 1. The van der Waals surface area contributed by atoms with Crippen molar-refractivity contribution in [2.24, 2.45) is 5.16 Å². The highest BCUT2D eigenvalue weighted by molar-refractivity contribution is 6.01. The number of aliphatic carboxylic acids is 1. The summed E-state index contributed by atoms with van der Waals surface area (Å²) in [5.74, 6) is 0.621. The normalized spacial score (nSPS) is 14.7. The highest BCUT2D eigenvalue weighted by Gasteiger charge is 2.42. The molecule has 1 saturated heterocycles. The first-order valence-corrected chi connectivity index (χ1v) is 11.0. The van der Waals surface area contributed by atoms with E-state index in [2.05, 4.69) is 5.16 Å². The van der Waals surface area contributed by atoms with E-state index in [4.69, 9.17) is 19.0 Å². The Labute approximate surface area is 198 Å². The molecule has 34 heavy (non-hydrogen) atoms. The van der Waals surface area contributed by atoms with Gasteiger partial charge in [-0.15, -0.1) is 0 Å². The van der Waals surface area contributed by atoms with Crippen molar-refractivity contribution in [3.05, 3.63) is 95.6 Å². The molecule has 0 spiro atoms. The molecular formula is C27H27NO6. The van der Waals surface area contributed by atoms with Crippen LogP contribution in [0.15, 0.2) is 84.0 Å². The fourth-order valence-corrected chi connectivity index (χ4v) is 3.82. The number of carboxylic acid groups (broad SMARTS) is 1. The molecule has 7 heteroatoms. The van der Waals surface area contributed by atoms with Crippen LogP contribution < -0.4 is 9.47 Å². The van der Waals surface area contributed by atoms with E-state index in [1.165, 1.54) is 7.11 Å². The van der Waals surface area contributed by atoms with E-state index < -0.39 is 11.4 Å². The van der Waals surface area contributed by atoms with Crippen molar-refractivity contribution in [2.75, 3.05) is 26.9 Å². The second kappa shape index (κ2) is 10.9. The monoisotopic (exact) mass is 461 g/mol. The summed E-state index contributed by atoms with van der Waals surface area (Å²) in [5, 5.41) is 13.3. The van der Waals surface area contributed by atoms with Crippen LogP contribution in [0.5, 0.6) is 11.5 Å². The number of nitrogens with zero attached hydrogens (tertiary/aromatic N) is 1. The lowest BCUT2D eigenvalue weighted by Gasteiger charge is -2.40. The van der Waals surface area contributed by atoms with E-state index in [1.54, 1.807) is 0 Å². The molecule has 4 rings (SSSR count). The number of ether oxygens (including phenoxy) is 3. The summed E-state index contributed by atoms with van der Waals surface area (Å²) >= 11 is 0. The molecule has 0 unspecified atom stereocenters. The van der Waals surface area contributed by atoms with Crippen LogP contribution in [-0.2, 0) is 26.4 Å². The molecule has 1 N–H and O–H groups in total. The average molecular weight is 462 g/mol. The molecule has 0 saturated carbocycles. The van der Waals surface area contributed by atoms with Crippen LogP contribution in [0.3, 0.4) is 0 Å². The van der Waals surface area contributed by atoms with Crippen molar-refractivity contribution in [2.45, 2.75) is 18.4 Å². The third kappa shape index (κ3) is 5.74. The molecule has 176 valence electrons. The van der Waals surface area contributed by atoms with Gasteiger partial charge in [0, 0.05) is 5.56 Å². The lowest BCUT2D eigenvalue weighted by atomic mass is 9.76. The topological polar surface area (TPSA) is 86.6 Å². The predicted molar refractivity (Wildman–Crippen MR) is 127 cm³/mol. The van der Waals surface area contributed by atoms with E-state index in [0.29, 0.717) is 25.5 Å². The Morgan fingerprint density at radius 1 is 0.941 bits per heavy atom. The number of carboxylic acids is 1. The number of hydrogen-bond acceptors (Lipinski definition) is 6. The van der Waals surface area contributed by atoms with Gasteiger partial charge in [-0.3, -0.25) is 4.79 Å². The maximum Gasteiger partial charge on any atom is 0.304 e. The largest absolute Gasteiger partial charge is 0.489 e. The number of hydrogen-bond donors (Lipinski definition) is 1. The lowest BCUT2D eigenvalue weighted by molar-refractivity contribution is -0.145. The van der Waals surface area contributed by atoms with Crippen LogP contribution in [0.4, 0.5) is 0 Å². The van der Waals surface area contributed by atoms with Gasteiger partial charge in [-0.25, -0.2) is 0 Å². The molecule has 1 aliphatic rings. The standard InChI is InChI=1S/C27H27NO6/c1-31-28-25(21-5-3-2-4-6-21)17-34-23-11-7-20(8-12-23)16-33-24-13-9-22(10-14-24)27(15-26(29)30)18-32-19-27/h2-14H,15-19H2,1H3,(H,29,30)/b28-25-. The summed E-state index contributed by atoms with van der Waals surface area (Å²) in [6.07, 6.45) is 0.0613. The SMILES string of the molecule is CO/N=C(/COc1ccc(COc2ccc(C3(CC(=O)O)COC3)cc2)cc1)c1ccccc1. The second-order valence-electron chi connectivity index (χ2n) is 8.18. The molecule has 3 aromatic rings. The first-order valence-electron chi connectivity index (χ1n) is 11.0. The minimum Gasteiger partial charge on any atom is -0.489 e. The average Bonchev–Trinajstić information content (AvgIpc) is 2.84. The van der Waals surface area contributed by atoms with Gasteiger partial charge < -0.3 is 24.2 Å². The highest BCUT2D eigenvalue weighted by atomic mass is 16.6. The molecule has 0 aromatic heterocycles. The Bertz CT molecular complexity index is 1110. The van der Waals surface area contributed by atoms with Crippen molar-refractivity contribution in [1.29, 1.82) is 0 Å². The van der Waals surface area contributed by atoms with Gasteiger partial charge in [-0.1, -0.05) is 59.8 Å². The van der Waals surface area contributed by atoms with E-state index >= 15 is 0 Å². The summed E-state index contributed by atoms with van der Waals surface area (Å²) < 4.78 is 17.1. The maximum absolute atomic E-state index is 11.2. The quantitative estimate of drug-likeness (QED) is 0.336. The van der Waals surface area contributed by atoms with Crippen LogP contribution in [0.1, 0.15) is 23.1 Å². The van der Waals surface area contributed by atoms with E-state index in [-0.39, 0.29) is 13.0 Å². The Morgan fingerprint density at radius 2 is 1.59 bits per heavy atom. The molecule has 1 fully saturated rings. The summed E-state index contributed by atoms with van der Waals surface area (Å²) in [4.78, 5) is 16.2. The smallest absolute Gasteiger partial charge is 0.304 e. The molecule has 1 aliphatic heterocycles. The second-order valence-corrected chi connectivity index (χ2v) is 8.18. The third-order valence-electron chi connectivity index (χ3n) is 5.73. The van der Waals surface area contributed by atoms with Crippen LogP contribution in [-0.4, -0.2) is 43.7 Å². The van der Waals surface area contributed by atoms with Gasteiger partial charge in [0.15, 0.2) is 0 Å². The van der Waals surface area contributed by atoms with E-state index in [9.17, 15) is 9.90 Å². The van der Waals surface area contributed by atoms with Gasteiger partial charge in [0.05, 0.1) is 25.0 Å². The molecule has 0 amide bonds. The molecule has 0 bridgehead atoms. The van der Waals surface area contributed by atoms with Crippen molar-refractivity contribution in [1.82, 2.24) is 0 Å². The van der Waals surface area contributed by atoms with Crippen molar-refractivity contribution >= 4 is 11.7 Å². The predicted octanol–water partition coefficient (Wildman–Crippen LogP) is 4.44. The van der Waals surface area contributed by atoms with Crippen LogP contribution in [0, 0.1) is 0 Å². The fraction of sp³-hybridized carbons (Fsp3) is 0.259. The minimum atomic E-state index is -0.821. The van der Waals surface area contributed by atoms with E-state index in [1.807, 2.05) is 78.9 Å². The molecule has 0 atom stereocenters. The molecule has 7 nitrogen and oxygen atoms in total. The zero-order valence-corrected chi connectivity index (χ0v) is 19.0. The van der Waals surface area contributed by atoms with Crippen LogP contribution >= 0.6 is 0 Å². The fourth-order valence-electron chi connectivity index (χ4n) is 3.82. The van der Waals surface area contributed by atoms with Crippen molar-refractivity contribution in [3.8, 4) is 11.5 Å². The molecule has 1 heterocycles. The summed E-state index contributed by atoms with van der Waals surface area (Å²) in [5.41, 5.74) is 3.17. The summed E-state index contributed by atoms with van der Waals surface area (Å²) in [6, 6.07) is 25.0. The maximum atomic E-state index is 11.2. The van der Waals surface area contributed by atoms with Gasteiger partial charge >= 0.3 is 5.97 Å². The Morgan fingerprint density at radius 3 is 2.18 bits per heavy atom.